The lowest BCUT2D eigenvalue weighted by Crippen LogP contribution is -2.41. The number of aromatic nitrogens is 1. The Morgan fingerprint density at radius 1 is 1.44 bits per heavy atom. The highest BCUT2D eigenvalue weighted by atomic mass is 16.5. The first-order valence-corrected chi connectivity index (χ1v) is 6.66. The lowest BCUT2D eigenvalue weighted by molar-refractivity contribution is -0.121. The summed E-state index contributed by atoms with van der Waals surface area (Å²) < 4.78 is 4.95. The van der Waals surface area contributed by atoms with Gasteiger partial charge in [-0.3, -0.25) is 4.79 Å². The number of amides is 1. The van der Waals surface area contributed by atoms with Gasteiger partial charge >= 0.3 is 0 Å². The van der Waals surface area contributed by atoms with Crippen molar-refractivity contribution in [3.63, 3.8) is 0 Å². The molecule has 1 amide bonds. The molecule has 1 heterocycles. The summed E-state index contributed by atoms with van der Waals surface area (Å²) in [5, 5.41) is 9.99. The summed E-state index contributed by atoms with van der Waals surface area (Å²) >= 11 is 0. The molecule has 0 aromatic carbocycles. The fourth-order valence-corrected chi connectivity index (χ4v) is 2.33. The number of carbonyl (C=O) groups excluding carboxylic acids is 1. The molecule has 1 aliphatic carbocycles. The highest BCUT2D eigenvalue weighted by Gasteiger charge is 2.15. The van der Waals surface area contributed by atoms with E-state index in [-0.39, 0.29) is 5.91 Å². The molecule has 1 saturated carbocycles. The first-order chi connectivity index (χ1) is 8.74. The molecule has 0 saturated heterocycles. The monoisotopic (exact) mass is 251 g/mol. The van der Waals surface area contributed by atoms with Crippen molar-refractivity contribution in [1.29, 1.82) is 0 Å². The lowest BCUT2D eigenvalue weighted by Gasteiger charge is -2.22. The van der Waals surface area contributed by atoms with Crippen molar-refractivity contribution < 1.29 is 9.32 Å². The second-order valence-corrected chi connectivity index (χ2v) is 4.93. The van der Waals surface area contributed by atoms with Gasteiger partial charge in [-0.15, -0.1) is 0 Å². The van der Waals surface area contributed by atoms with E-state index < -0.39 is 0 Å². The molecule has 2 N–H and O–H groups in total. The standard InChI is InChI=1S/C13H21N3O2/c1-10-7-12(16-18-10)8-14-9-13(17)15-11-5-3-2-4-6-11/h7,11,14H,2-6,8-9H2,1H3,(H,15,17). The third-order valence-corrected chi connectivity index (χ3v) is 3.24. The third-order valence-electron chi connectivity index (χ3n) is 3.24. The minimum Gasteiger partial charge on any atom is -0.361 e. The summed E-state index contributed by atoms with van der Waals surface area (Å²) in [7, 11) is 0. The molecule has 5 nitrogen and oxygen atoms in total. The van der Waals surface area contributed by atoms with Crippen LogP contribution in [0, 0.1) is 6.92 Å². The summed E-state index contributed by atoms with van der Waals surface area (Å²) in [6.07, 6.45) is 6.01. The lowest BCUT2D eigenvalue weighted by atomic mass is 9.95. The van der Waals surface area contributed by atoms with E-state index >= 15 is 0 Å². The second kappa shape index (κ2) is 6.54. The maximum atomic E-state index is 11.7. The summed E-state index contributed by atoms with van der Waals surface area (Å²) in [6.45, 7) is 2.75. The van der Waals surface area contributed by atoms with Gasteiger partial charge in [0.15, 0.2) is 0 Å². The van der Waals surface area contributed by atoms with Crippen LogP contribution in [0.25, 0.3) is 0 Å². The van der Waals surface area contributed by atoms with Gasteiger partial charge in [0, 0.05) is 18.7 Å². The van der Waals surface area contributed by atoms with E-state index in [0.717, 1.165) is 24.3 Å². The molecule has 0 bridgehead atoms. The van der Waals surface area contributed by atoms with E-state index in [9.17, 15) is 4.79 Å². The van der Waals surface area contributed by atoms with Gasteiger partial charge in [-0.2, -0.15) is 0 Å². The Morgan fingerprint density at radius 2 is 2.22 bits per heavy atom. The van der Waals surface area contributed by atoms with Crippen molar-refractivity contribution in [3.8, 4) is 0 Å². The minimum atomic E-state index is 0.0714. The van der Waals surface area contributed by atoms with Crippen LogP contribution >= 0.6 is 0 Å². The number of aryl methyl sites for hydroxylation is 1. The highest BCUT2D eigenvalue weighted by Crippen LogP contribution is 2.17. The summed E-state index contributed by atoms with van der Waals surface area (Å²) in [5.74, 6) is 0.862. The van der Waals surface area contributed by atoms with E-state index in [2.05, 4.69) is 15.8 Å². The van der Waals surface area contributed by atoms with Crippen LogP contribution in [0.2, 0.25) is 0 Å². The van der Waals surface area contributed by atoms with E-state index in [1.165, 1.54) is 19.3 Å². The van der Waals surface area contributed by atoms with Crippen LogP contribution in [-0.4, -0.2) is 23.7 Å². The van der Waals surface area contributed by atoms with E-state index in [1.807, 2.05) is 13.0 Å². The van der Waals surface area contributed by atoms with Gasteiger partial charge in [0.25, 0.3) is 0 Å². The maximum Gasteiger partial charge on any atom is 0.234 e. The summed E-state index contributed by atoms with van der Waals surface area (Å²) in [5.41, 5.74) is 0.831. The quantitative estimate of drug-likeness (QED) is 0.832. The van der Waals surface area contributed by atoms with Crippen molar-refractivity contribution in [3.05, 3.63) is 17.5 Å². The predicted molar refractivity (Wildman–Crippen MR) is 68.0 cm³/mol. The van der Waals surface area contributed by atoms with Gasteiger partial charge in [-0.05, 0) is 19.8 Å². The summed E-state index contributed by atoms with van der Waals surface area (Å²) in [4.78, 5) is 11.7. The highest BCUT2D eigenvalue weighted by molar-refractivity contribution is 5.78. The van der Waals surface area contributed by atoms with Crippen LogP contribution < -0.4 is 10.6 Å². The zero-order valence-corrected chi connectivity index (χ0v) is 10.9. The molecule has 0 radical (unpaired) electrons. The van der Waals surface area contributed by atoms with E-state index in [0.29, 0.717) is 19.1 Å². The zero-order chi connectivity index (χ0) is 12.8. The largest absolute Gasteiger partial charge is 0.361 e. The third kappa shape index (κ3) is 4.14. The van der Waals surface area contributed by atoms with Gasteiger partial charge in [-0.1, -0.05) is 24.4 Å². The topological polar surface area (TPSA) is 67.2 Å². The molecule has 1 aromatic heterocycles. The molecule has 5 heteroatoms. The van der Waals surface area contributed by atoms with Gasteiger partial charge < -0.3 is 15.2 Å². The summed E-state index contributed by atoms with van der Waals surface area (Å²) in [6, 6.07) is 2.24. The van der Waals surface area contributed by atoms with Crippen LogP contribution in [-0.2, 0) is 11.3 Å². The number of carbonyl (C=O) groups is 1. The van der Waals surface area contributed by atoms with Crippen LogP contribution in [0.4, 0.5) is 0 Å². The van der Waals surface area contributed by atoms with Gasteiger partial charge in [0.05, 0.1) is 12.2 Å². The van der Waals surface area contributed by atoms with Gasteiger partial charge in [0.1, 0.15) is 5.76 Å². The molecule has 1 aromatic rings. The molecule has 0 atom stereocenters. The molecular weight excluding hydrogens is 230 g/mol. The first kappa shape index (κ1) is 13.1. The Morgan fingerprint density at radius 3 is 2.89 bits per heavy atom. The average molecular weight is 251 g/mol. The van der Waals surface area contributed by atoms with E-state index in [1.54, 1.807) is 0 Å². The number of nitrogens with one attached hydrogen (secondary N) is 2. The van der Waals surface area contributed by atoms with Crippen molar-refractivity contribution in [1.82, 2.24) is 15.8 Å². The van der Waals surface area contributed by atoms with Crippen molar-refractivity contribution >= 4 is 5.91 Å². The second-order valence-electron chi connectivity index (χ2n) is 4.93. The minimum absolute atomic E-state index is 0.0714. The number of hydrogen-bond acceptors (Lipinski definition) is 4. The van der Waals surface area contributed by atoms with E-state index in [4.69, 9.17) is 4.52 Å². The van der Waals surface area contributed by atoms with Crippen molar-refractivity contribution in [2.45, 2.75) is 51.6 Å². The Hall–Kier alpha value is -1.36. The van der Waals surface area contributed by atoms with Crippen LogP contribution in [0.1, 0.15) is 43.6 Å². The Bertz CT molecular complexity index is 383. The smallest absolute Gasteiger partial charge is 0.234 e. The van der Waals surface area contributed by atoms with Gasteiger partial charge in [0.2, 0.25) is 5.91 Å². The van der Waals surface area contributed by atoms with Crippen molar-refractivity contribution in [2.75, 3.05) is 6.54 Å². The Kier molecular flexibility index (Phi) is 4.75. The predicted octanol–water partition coefficient (Wildman–Crippen LogP) is 1.52. The van der Waals surface area contributed by atoms with Gasteiger partial charge in [-0.25, -0.2) is 0 Å². The molecule has 18 heavy (non-hydrogen) atoms. The normalized spacial score (nSPS) is 16.7. The molecule has 1 fully saturated rings. The number of nitrogens with zero attached hydrogens (tertiary/aromatic N) is 1. The molecule has 0 spiro atoms. The average Bonchev–Trinajstić information content (AvgIpc) is 2.76. The fraction of sp³-hybridized carbons (Fsp3) is 0.692. The molecule has 100 valence electrons. The molecular formula is C13H21N3O2. The number of hydrogen-bond donors (Lipinski definition) is 2. The molecule has 1 aliphatic rings. The zero-order valence-electron chi connectivity index (χ0n) is 10.9. The fourth-order valence-electron chi connectivity index (χ4n) is 2.33. The van der Waals surface area contributed by atoms with Crippen LogP contribution in [0.15, 0.2) is 10.6 Å². The molecule has 0 unspecified atom stereocenters. The maximum absolute atomic E-state index is 11.7. The first-order valence-electron chi connectivity index (χ1n) is 6.66. The van der Waals surface area contributed by atoms with Crippen LogP contribution in [0.3, 0.4) is 0 Å². The number of rotatable bonds is 5. The molecule has 0 aliphatic heterocycles. The Labute approximate surface area is 107 Å². The molecule has 2 rings (SSSR count). The van der Waals surface area contributed by atoms with Crippen molar-refractivity contribution in [2.24, 2.45) is 0 Å². The SMILES string of the molecule is Cc1cc(CNCC(=O)NC2CCCCC2)no1. The van der Waals surface area contributed by atoms with Crippen LogP contribution in [0.5, 0.6) is 0 Å². The Balaban J connectivity index is 1.62.